The van der Waals surface area contributed by atoms with Crippen molar-refractivity contribution < 1.29 is 9.90 Å². The highest BCUT2D eigenvalue weighted by atomic mass is 16.4. The summed E-state index contributed by atoms with van der Waals surface area (Å²) in [5.74, 6) is 0. The lowest BCUT2D eigenvalue weighted by Crippen LogP contribution is -2.41. The molecular weight excluding hydrogens is 210 g/mol. The second-order valence-corrected chi connectivity index (χ2v) is 4.51. The molecule has 16 heavy (non-hydrogen) atoms. The lowest BCUT2D eigenvalue weighted by atomic mass is 10.0. The zero-order valence-electron chi connectivity index (χ0n) is 8.93. The first-order valence-electron chi connectivity index (χ1n) is 5.38. The van der Waals surface area contributed by atoms with E-state index in [1.165, 1.54) is 9.58 Å². The van der Waals surface area contributed by atoms with Gasteiger partial charge in [0.05, 0.1) is 11.7 Å². The molecule has 0 aliphatic carbocycles. The molecule has 3 heterocycles. The monoisotopic (exact) mass is 223 g/mol. The van der Waals surface area contributed by atoms with Gasteiger partial charge < -0.3 is 5.11 Å². The molecule has 1 saturated heterocycles. The number of nitrogens with one attached hydrogen (secondary N) is 1. The molecule has 0 radical (unpaired) electrons. The molecule has 2 aliphatic heterocycles. The van der Waals surface area contributed by atoms with Crippen molar-refractivity contribution in [3.05, 3.63) is 21.6 Å². The normalized spacial score (nSPS) is 26.9. The highest BCUT2D eigenvalue weighted by molar-refractivity contribution is 5.67. The molecule has 2 N–H and O–H groups in total. The maximum atomic E-state index is 11.8. The molecule has 6 nitrogen and oxygen atoms in total. The Morgan fingerprint density at radius 2 is 2.25 bits per heavy atom. The summed E-state index contributed by atoms with van der Waals surface area (Å²) in [4.78, 5) is 24.4. The Morgan fingerprint density at radius 3 is 2.94 bits per heavy atom. The maximum Gasteiger partial charge on any atom is 0.408 e. The standard InChI is InChI=1S/C10H13N3O3/c1-12-9(14)6-4-5-2-3-7(8(6)11-12)13(5)10(15)16/h5,7,11H,2-4H2,1H3,(H,15,16). The second-order valence-electron chi connectivity index (χ2n) is 4.51. The van der Waals surface area contributed by atoms with E-state index in [0.717, 1.165) is 24.1 Å². The predicted octanol–water partition coefficient (Wildman–Crippen LogP) is 0.453. The third-order valence-corrected chi connectivity index (χ3v) is 3.67. The van der Waals surface area contributed by atoms with E-state index in [9.17, 15) is 9.59 Å². The van der Waals surface area contributed by atoms with E-state index in [1.807, 2.05) is 0 Å². The molecule has 1 aromatic rings. The van der Waals surface area contributed by atoms with Gasteiger partial charge in [0.2, 0.25) is 0 Å². The Morgan fingerprint density at radius 1 is 1.50 bits per heavy atom. The Bertz CT molecular complexity index is 516. The molecule has 2 atom stereocenters. The number of aryl methyl sites for hydroxylation is 1. The van der Waals surface area contributed by atoms with Crippen molar-refractivity contribution in [1.82, 2.24) is 14.7 Å². The van der Waals surface area contributed by atoms with Crippen LogP contribution in [0, 0.1) is 0 Å². The minimum atomic E-state index is -0.886. The molecule has 86 valence electrons. The number of H-pyrrole nitrogens is 1. The van der Waals surface area contributed by atoms with Crippen molar-refractivity contribution in [3.8, 4) is 0 Å². The fraction of sp³-hybridized carbons (Fsp3) is 0.600. The van der Waals surface area contributed by atoms with Crippen LogP contribution in [0.25, 0.3) is 0 Å². The Kier molecular flexibility index (Phi) is 1.72. The first kappa shape index (κ1) is 9.50. The number of rotatable bonds is 0. The minimum absolute atomic E-state index is 0.0153. The number of aromatic nitrogens is 2. The van der Waals surface area contributed by atoms with Crippen LogP contribution in [0.3, 0.4) is 0 Å². The van der Waals surface area contributed by atoms with Crippen LogP contribution in [0.15, 0.2) is 4.79 Å². The lowest BCUT2D eigenvalue weighted by Gasteiger charge is -2.31. The summed E-state index contributed by atoms with van der Waals surface area (Å²) in [6, 6.07) is -0.168. The molecule has 0 spiro atoms. The van der Waals surface area contributed by atoms with E-state index in [4.69, 9.17) is 5.11 Å². The van der Waals surface area contributed by atoms with Crippen LogP contribution in [0.4, 0.5) is 4.79 Å². The molecular formula is C10H13N3O3. The van der Waals surface area contributed by atoms with Crippen molar-refractivity contribution in [3.63, 3.8) is 0 Å². The van der Waals surface area contributed by atoms with Crippen molar-refractivity contribution in [1.29, 1.82) is 0 Å². The van der Waals surface area contributed by atoms with Crippen molar-refractivity contribution in [2.45, 2.75) is 31.3 Å². The topological polar surface area (TPSA) is 78.3 Å². The van der Waals surface area contributed by atoms with Crippen molar-refractivity contribution in [2.24, 2.45) is 7.05 Å². The van der Waals surface area contributed by atoms with Gasteiger partial charge in [0.15, 0.2) is 0 Å². The fourth-order valence-electron chi connectivity index (χ4n) is 2.98. The Balaban J connectivity index is 2.14. The molecule has 0 aromatic carbocycles. The Hall–Kier alpha value is -1.72. The van der Waals surface area contributed by atoms with Crippen LogP contribution < -0.4 is 5.56 Å². The van der Waals surface area contributed by atoms with Gasteiger partial charge in [-0.25, -0.2) is 4.79 Å². The van der Waals surface area contributed by atoms with E-state index < -0.39 is 6.09 Å². The van der Waals surface area contributed by atoms with Crippen LogP contribution >= 0.6 is 0 Å². The largest absolute Gasteiger partial charge is 0.465 e. The molecule has 2 unspecified atom stereocenters. The third kappa shape index (κ3) is 1.01. The summed E-state index contributed by atoms with van der Waals surface area (Å²) in [6.45, 7) is 0. The van der Waals surface area contributed by atoms with Crippen LogP contribution in [-0.4, -0.2) is 31.9 Å². The summed E-state index contributed by atoms with van der Waals surface area (Å²) < 4.78 is 1.44. The molecule has 6 heteroatoms. The SMILES string of the molecule is Cn1[nH]c2c(c1=O)CC1CCC2N1C(=O)O. The van der Waals surface area contributed by atoms with Gasteiger partial charge in [-0.3, -0.25) is 19.5 Å². The number of nitrogens with zero attached hydrogens (tertiary/aromatic N) is 2. The van der Waals surface area contributed by atoms with Gasteiger partial charge in [0, 0.05) is 25.1 Å². The van der Waals surface area contributed by atoms with Crippen molar-refractivity contribution >= 4 is 6.09 Å². The van der Waals surface area contributed by atoms with Gasteiger partial charge in [-0.1, -0.05) is 0 Å². The fourth-order valence-corrected chi connectivity index (χ4v) is 2.98. The number of carbonyl (C=O) groups is 1. The van der Waals surface area contributed by atoms with Gasteiger partial charge in [-0.15, -0.1) is 0 Å². The molecule has 1 aromatic heterocycles. The molecule has 1 fully saturated rings. The zero-order valence-corrected chi connectivity index (χ0v) is 8.93. The average Bonchev–Trinajstić information content (AvgIpc) is 2.70. The number of hydrogen-bond acceptors (Lipinski definition) is 2. The van der Waals surface area contributed by atoms with Crippen LogP contribution in [0.2, 0.25) is 0 Å². The minimum Gasteiger partial charge on any atom is -0.465 e. The molecule has 1 amide bonds. The number of hydrogen-bond donors (Lipinski definition) is 2. The van der Waals surface area contributed by atoms with Gasteiger partial charge >= 0.3 is 6.09 Å². The Labute approximate surface area is 91.5 Å². The summed E-state index contributed by atoms with van der Waals surface area (Å²) in [5.41, 5.74) is 1.55. The lowest BCUT2D eigenvalue weighted by molar-refractivity contribution is 0.115. The number of aromatic amines is 1. The average molecular weight is 223 g/mol. The van der Waals surface area contributed by atoms with E-state index in [1.54, 1.807) is 7.05 Å². The highest BCUT2D eigenvalue weighted by Gasteiger charge is 2.44. The second kappa shape index (κ2) is 2.90. The molecule has 2 bridgehead atoms. The smallest absolute Gasteiger partial charge is 0.408 e. The van der Waals surface area contributed by atoms with Gasteiger partial charge in [0.25, 0.3) is 5.56 Å². The quantitative estimate of drug-likeness (QED) is 0.670. The third-order valence-electron chi connectivity index (χ3n) is 3.67. The highest BCUT2D eigenvalue weighted by Crippen LogP contribution is 2.41. The first-order valence-corrected chi connectivity index (χ1v) is 5.38. The van der Waals surface area contributed by atoms with E-state index in [0.29, 0.717) is 6.42 Å². The van der Waals surface area contributed by atoms with Crippen LogP contribution in [0.1, 0.15) is 30.1 Å². The predicted molar refractivity (Wildman–Crippen MR) is 55.4 cm³/mol. The maximum absolute atomic E-state index is 11.8. The zero-order chi connectivity index (χ0) is 11.4. The van der Waals surface area contributed by atoms with E-state index in [-0.39, 0.29) is 17.6 Å². The van der Waals surface area contributed by atoms with Crippen molar-refractivity contribution in [2.75, 3.05) is 0 Å². The molecule has 0 saturated carbocycles. The van der Waals surface area contributed by atoms with Crippen LogP contribution in [0.5, 0.6) is 0 Å². The van der Waals surface area contributed by atoms with Gasteiger partial charge in [-0.2, -0.15) is 0 Å². The van der Waals surface area contributed by atoms with Gasteiger partial charge in [-0.05, 0) is 12.8 Å². The summed E-state index contributed by atoms with van der Waals surface area (Å²) in [5, 5.41) is 12.1. The number of carboxylic acid groups (broad SMARTS) is 1. The summed E-state index contributed by atoms with van der Waals surface area (Å²) >= 11 is 0. The molecule has 2 aliphatic rings. The summed E-state index contributed by atoms with van der Waals surface area (Å²) in [6.07, 6.45) is 1.32. The summed E-state index contributed by atoms with van der Waals surface area (Å²) in [7, 11) is 1.67. The van der Waals surface area contributed by atoms with Gasteiger partial charge in [0.1, 0.15) is 0 Å². The van der Waals surface area contributed by atoms with E-state index in [2.05, 4.69) is 5.10 Å². The molecule has 3 rings (SSSR count). The van der Waals surface area contributed by atoms with Crippen LogP contribution in [-0.2, 0) is 13.5 Å². The number of fused-ring (bicyclic) bond motifs is 4. The first-order chi connectivity index (χ1) is 7.59. The number of amides is 1. The van der Waals surface area contributed by atoms with E-state index >= 15 is 0 Å².